The van der Waals surface area contributed by atoms with Gasteiger partial charge in [-0.15, -0.1) is 0 Å². The summed E-state index contributed by atoms with van der Waals surface area (Å²) in [5, 5.41) is 0. The Bertz CT molecular complexity index is 1360. The van der Waals surface area contributed by atoms with Crippen molar-refractivity contribution in [3.63, 3.8) is 0 Å². The first kappa shape index (κ1) is 28.3. The molecule has 0 radical (unpaired) electrons. The Hall–Kier alpha value is -2.74. The van der Waals surface area contributed by atoms with E-state index >= 15 is 0 Å². The molecule has 202 valence electrons. The molecule has 1 aromatic carbocycles. The molecule has 3 aliphatic rings. The minimum Gasteiger partial charge on any atom is -0.300 e. The minimum absolute atomic E-state index is 0.0141. The van der Waals surface area contributed by atoms with Gasteiger partial charge in [-0.25, -0.2) is 0 Å². The molecule has 1 aromatic rings. The number of hydrogen-bond acceptors (Lipinski definition) is 2. The van der Waals surface area contributed by atoms with Crippen molar-refractivity contribution in [2.75, 3.05) is 0 Å². The van der Waals surface area contributed by atoms with E-state index in [0.717, 1.165) is 71.9 Å². The van der Waals surface area contributed by atoms with E-state index in [1.54, 1.807) is 6.92 Å². The summed E-state index contributed by atoms with van der Waals surface area (Å²) in [5.74, 6) is 0.422. The number of fused-ring (bicyclic) bond motifs is 3. The number of ketones is 2. The van der Waals surface area contributed by atoms with E-state index in [4.69, 9.17) is 0 Å². The molecule has 0 heterocycles. The van der Waals surface area contributed by atoms with E-state index in [0.29, 0.717) is 6.42 Å². The van der Waals surface area contributed by atoms with Crippen LogP contribution < -0.4 is 0 Å². The normalized spacial score (nSPS) is 28.6. The third-order valence-corrected chi connectivity index (χ3v) is 10.3. The zero-order chi connectivity index (χ0) is 28.4. The van der Waals surface area contributed by atoms with Crippen molar-refractivity contribution in [1.82, 2.24) is 0 Å². The quantitative estimate of drug-likeness (QED) is 0.343. The van der Waals surface area contributed by atoms with Gasteiger partial charge in [-0.2, -0.15) is 0 Å². The van der Waals surface area contributed by atoms with E-state index in [1.807, 2.05) is 0 Å². The molecule has 4 rings (SSSR count). The highest BCUT2D eigenvalue weighted by atomic mass is 16.1. The molecule has 0 N–H and O–H groups in total. The van der Waals surface area contributed by atoms with Crippen LogP contribution in [0.25, 0.3) is 0 Å². The van der Waals surface area contributed by atoms with Crippen molar-refractivity contribution in [3.05, 3.63) is 93.1 Å². The van der Waals surface area contributed by atoms with Crippen LogP contribution >= 0.6 is 0 Å². The van der Waals surface area contributed by atoms with Gasteiger partial charge in [0.1, 0.15) is 5.78 Å². The number of rotatable bonds is 7. The van der Waals surface area contributed by atoms with Gasteiger partial charge in [0, 0.05) is 28.4 Å². The summed E-state index contributed by atoms with van der Waals surface area (Å²) in [5.41, 5.74) is 11.9. The fourth-order valence-electron chi connectivity index (χ4n) is 8.47. The second-order valence-corrected chi connectivity index (χ2v) is 13.4. The van der Waals surface area contributed by atoms with Crippen molar-refractivity contribution in [3.8, 4) is 0 Å². The average molecular weight is 511 g/mol. The molecule has 0 spiro atoms. The van der Waals surface area contributed by atoms with Crippen LogP contribution in [-0.2, 0) is 17.6 Å². The molecule has 38 heavy (non-hydrogen) atoms. The van der Waals surface area contributed by atoms with Crippen LogP contribution in [0.3, 0.4) is 0 Å². The summed E-state index contributed by atoms with van der Waals surface area (Å²) >= 11 is 0. The van der Waals surface area contributed by atoms with Crippen molar-refractivity contribution in [2.45, 2.75) is 100 Å². The first-order valence-corrected chi connectivity index (χ1v) is 14.2. The molecule has 0 saturated carbocycles. The van der Waals surface area contributed by atoms with Crippen LogP contribution in [0.1, 0.15) is 108 Å². The molecular weight excluding hydrogens is 464 g/mol. The van der Waals surface area contributed by atoms with Crippen LogP contribution in [0.15, 0.2) is 70.9 Å². The molecule has 0 aromatic heterocycles. The third-order valence-electron chi connectivity index (χ3n) is 10.3. The Kier molecular flexibility index (Phi) is 7.05. The van der Waals surface area contributed by atoms with Crippen LogP contribution in [0.5, 0.6) is 0 Å². The average Bonchev–Trinajstić information content (AvgIpc) is 2.77. The maximum absolute atomic E-state index is 14.5. The number of benzene rings is 1. The Morgan fingerprint density at radius 2 is 1.66 bits per heavy atom. The highest BCUT2D eigenvalue weighted by Crippen LogP contribution is 2.68. The lowest BCUT2D eigenvalue weighted by Crippen LogP contribution is -2.53. The minimum atomic E-state index is -0.292. The van der Waals surface area contributed by atoms with E-state index in [9.17, 15) is 9.59 Å². The van der Waals surface area contributed by atoms with Gasteiger partial charge < -0.3 is 4.79 Å². The zero-order valence-corrected chi connectivity index (χ0v) is 25.0. The summed E-state index contributed by atoms with van der Waals surface area (Å²) < 4.78 is 0. The highest BCUT2D eigenvalue weighted by Gasteiger charge is 2.60. The molecule has 0 fully saturated rings. The molecule has 0 aliphatic heterocycles. The van der Waals surface area contributed by atoms with Crippen molar-refractivity contribution < 1.29 is 9.59 Å². The fraction of sp³-hybridized carbons (Fsp3) is 0.500. The molecule has 0 unspecified atom stereocenters. The van der Waals surface area contributed by atoms with E-state index in [2.05, 4.69) is 80.3 Å². The number of Topliss-reactive ketones (excluding diaryl/α,β-unsaturated/α-hetero) is 2. The predicted molar refractivity (Wildman–Crippen MR) is 159 cm³/mol. The summed E-state index contributed by atoms with van der Waals surface area (Å²) in [4.78, 5) is 25.8. The van der Waals surface area contributed by atoms with Gasteiger partial charge in [-0.05, 0) is 106 Å². The number of hydrogen-bond donors (Lipinski definition) is 0. The molecule has 3 aliphatic carbocycles. The van der Waals surface area contributed by atoms with E-state index in [-0.39, 0.29) is 27.8 Å². The van der Waals surface area contributed by atoms with Gasteiger partial charge in [0.25, 0.3) is 0 Å². The summed E-state index contributed by atoms with van der Waals surface area (Å²) in [6.07, 6.45) is 5.86. The fourth-order valence-corrected chi connectivity index (χ4v) is 8.47. The Morgan fingerprint density at radius 1 is 1.00 bits per heavy atom. The van der Waals surface area contributed by atoms with Crippen LogP contribution in [0.2, 0.25) is 0 Å². The lowest BCUT2D eigenvalue weighted by atomic mass is 9.42. The lowest BCUT2D eigenvalue weighted by Gasteiger charge is -2.61. The molecule has 0 bridgehead atoms. The van der Waals surface area contributed by atoms with Crippen LogP contribution in [-0.4, -0.2) is 11.6 Å². The first-order valence-electron chi connectivity index (χ1n) is 14.2. The highest BCUT2D eigenvalue weighted by molar-refractivity contribution is 6.13. The zero-order valence-electron chi connectivity index (χ0n) is 25.0. The van der Waals surface area contributed by atoms with Crippen molar-refractivity contribution in [2.24, 2.45) is 16.2 Å². The first-order chi connectivity index (χ1) is 17.6. The Balaban J connectivity index is 1.79. The second kappa shape index (κ2) is 9.47. The van der Waals surface area contributed by atoms with Gasteiger partial charge in [-0.1, -0.05) is 74.9 Å². The number of carbonyl (C=O) groups is 2. The molecule has 2 nitrogen and oxygen atoms in total. The SMILES string of the molecule is C=C(CCCC(C)=O)Cc1ccc2c(c1C)C(=O)C1=C(C)[C@@]3(C)C(=C)C(C(=C)C)=C(C)C[C@@]3(C)C[C@@]1(C)C2. The van der Waals surface area contributed by atoms with Crippen molar-refractivity contribution in [1.29, 1.82) is 0 Å². The summed E-state index contributed by atoms with van der Waals surface area (Å²) in [6, 6.07) is 4.39. The molecule has 2 heteroatoms. The molecular formula is C36H46O2. The van der Waals surface area contributed by atoms with E-state index < -0.39 is 0 Å². The number of allylic oxidation sites excluding steroid dienone is 7. The Labute approximate surface area is 230 Å². The monoisotopic (exact) mass is 510 g/mol. The molecule has 0 saturated heterocycles. The van der Waals surface area contributed by atoms with Gasteiger partial charge in [-0.3, -0.25) is 4.79 Å². The second-order valence-electron chi connectivity index (χ2n) is 13.4. The third kappa shape index (κ3) is 4.16. The predicted octanol–water partition coefficient (Wildman–Crippen LogP) is 9.18. The molecule has 3 atom stereocenters. The van der Waals surface area contributed by atoms with Crippen LogP contribution in [0.4, 0.5) is 0 Å². The van der Waals surface area contributed by atoms with Crippen LogP contribution in [0, 0.1) is 23.2 Å². The number of carbonyl (C=O) groups excluding carboxylic acids is 2. The molecule has 0 amide bonds. The van der Waals surface area contributed by atoms with Gasteiger partial charge in [0.05, 0.1) is 0 Å². The maximum Gasteiger partial charge on any atom is 0.190 e. The van der Waals surface area contributed by atoms with Gasteiger partial charge in [0.2, 0.25) is 0 Å². The largest absolute Gasteiger partial charge is 0.300 e. The van der Waals surface area contributed by atoms with Gasteiger partial charge in [0.15, 0.2) is 5.78 Å². The maximum atomic E-state index is 14.5. The lowest BCUT2D eigenvalue weighted by molar-refractivity contribution is -0.117. The standard InChI is InChI=1S/C36H46O2/c1-21(2)30-23(4)18-35(10)20-34(9)19-29-16-15-28(17-22(3)13-12-14-24(5)37)25(6)31(29)33(38)32(34)27(8)36(35,11)26(30)7/h15-16H,1,3,7,12-14,17-20H2,2,4-6,8-11H3/t34-,35+,36-/m1/s1. The van der Waals surface area contributed by atoms with E-state index in [1.165, 1.54) is 27.8 Å². The topological polar surface area (TPSA) is 34.1 Å². The Morgan fingerprint density at radius 3 is 2.26 bits per heavy atom. The summed E-state index contributed by atoms with van der Waals surface area (Å²) in [6.45, 7) is 30.5. The van der Waals surface area contributed by atoms with Crippen molar-refractivity contribution >= 4 is 11.6 Å². The smallest absolute Gasteiger partial charge is 0.190 e. The van der Waals surface area contributed by atoms with Gasteiger partial charge >= 0.3 is 0 Å². The summed E-state index contributed by atoms with van der Waals surface area (Å²) in [7, 11) is 0.